The van der Waals surface area contributed by atoms with E-state index in [9.17, 15) is 0 Å². The molecule has 82 valence electrons. The molecule has 0 amide bonds. The third-order valence-corrected chi connectivity index (χ3v) is 3.22. The summed E-state index contributed by atoms with van der Waals surface area (Å²) in [4.78, 5) is 0. The van der Waals surface area contributed by atoms with Gasteiger partial charge in [-0.2, -0.15) is 0 Å². The number of rotatable bonds is 2. The fraction of sp³-hybridized carbons (Fsp3) is 0.455. The van der Waals surface area contributed by atoms with E-state index in [1.54, 1.807) is 7.11 Å². The molecule has 0 saturated carbocycles. The van der Waals surface area contributed by atoms with E-state index in [1.165, 1.54) is 5.56 Å². The van der Waals surface area contributed by atoms with Crippen LogP contribution in [0.2, 0.25) is 0 Å². The van der Waals surface area contributed by atoms with E-state index in [2.05, 4.69) is 21.2 Å². The number of hydrogen-bond acceptors (Lipinski definition) is 3. The molecule has 1 N–H and O–H groups in total. The normalized spacial score (nSPS) is 21.3. The van der Waals surface area contributed by atoms with Gasteiger partial charge in [0.2, 0.25) is 0 Å². The number of morpholine rings is 1. The summed E-state index contributed by atoms with van der Waals surface area (Å²) in [5.41, 5.74) is 1.19. The highest BCUT2D eigenvalue weighted by Crippen LogP contribution is 2.28. The second-order valence-electron chi connectivity index (χ2n) is 3.47. The Hall–Kier alpha value is -0.580. The summed E-state index contributed by atoms with van der Waals surface area (Å²) in [6.07, 6.45) is 0. The van der Waals surface area contributed by atoms with Gasteiger partial charge in [-0.25, -0.2) is 0 Å². The summed E-state index contributed by atoms with van der Waals surface area (Å²) in [6.45, 7) is 2.40. The van der Waals surface area contributed by atoms with Crippen molar-refractivity contribution in [2.24, 2.45) is 0 Å². The van der Waals surface area contributed by atoms with Crippen LogP contribution in [0.25, 0.3) is 0 Å². The average Bonchev–Trinajstić information content (AvgIpc) is 2.31. The van der Waals surface area contributed by atoms with Crippen molar-refractivity contribution in [2.75, 3.05) is 26.9 Å². The van der Waals surface area contributed by atoms with Crippen LogP contribution < -0.4 is 10.1 Å². The van der Waals surface area contributed by atoms with E-state index < -0.39 is 0 Å². The lowest BCUT2D eigenvalue weighted by Gasteiger charge is -2.25. The number of benzene rings is 1. The lowest BCUT2D eigenvalue weighted by atomic mass is 10.1. The van der Waals surface area contributed by atoms with Gasteiger partial charge in [-0.15, -0.1) is 0 Å². The molecule has 0 aliphatic carbocycles. The van der Waals surface area contributed by atoms with Crippen LogP contribution in [0, 0.1) is 0 Å². The molecule has 0 aromatic heterocycles. The lowest BCUT2D eigenvalue weighted by molar-refractivity contribution is 0.0766. The first kappa shape index (κ1) is 10.9. The average molecular weight is 272 g/mol. The molecular formula is C11H14BrNO2. The molecular weight excluding hydrogens is 258 g/mol. The first-order valence-electron chi connectivity index (χ1n) is 4.96. The van der Waals surface area contributed by atoms with E-state index >= 15 is 0 Å². The van der Waals surface area contributed by atoms with Crippen LogP contribution in [0.5, 0.6) is 5.75 Å². The Morgan fingerprint density at radius 3 is 3.07 bits per heavy atom. The Kier molecular flexibility index (Phi) is 3.61. The predicted octanol–water partition coefficient (Wildman–Crippen LogP) is 2.12. The summed E-state index contributed by atoms with van der Waals surface area (Å²) in [6, 6.07) is 6.24. The van der Waals surface area contributed by atoms with Crippen LogP contribution in [0.1, 0.15) is 11.6 Å². The first-order chi connectivity index (χ1) is 7.31. The minimum Gasteiger partial charge on any atom is -0.497 e. The molecule has 3 nitrogen and oxygen atoms in total. The Morgan fingerprint density at radius 1 is 1.53 bits per heavy atom. The predicted molar refractivity (Wildman–Crippen MR) is 62.3 cm³/mol. The van der Waals surface area contributed by atoms with Gasteiger partial charge in [0.15, 0.2) is 0 Å². The SMILES string of the molecule is COc1ccc(Br)c([C@H]2COCCN2)c1. The van der Waals surface area contributed by atoms with E-state index in [4.69, 9.17) is 9.47 Å². The van der Waals surface area contributed by atoms with Gasteiger partial charge in [-0.3, -0.25) is 0 Å². The first-order valence-corrected chi connectivity index (χ1v) is 5.75. The van der Waals surface area contributed by atoms with Crippen molar-refractivity contribution in [2.45, 2.75) is 6.04 Å². The van der Waals surface area contributed by atoms with E-state index in [0.717, 1.165) is 23.4 Å². The van der Waals surface area contributed by atoms with E-state index in [1.807, 2.05) is 18.2 Å². The largest absolute Gasteiger partial charge is 0.497 e. The molecule has 1 saturated heterocycles. The monoisotopic (exact) mass is 271 g/mol. The van der Waals surface area contributed by atoms with Gasteiger partial charge in [0.1, 0.15) is 5.75 Å². The third kappa shape index (κ3) is 2.51. The van der Waals surface area contributed by atoms with Crippen molar-refractivity contribution in [1.82, 2.24) is 5.32 Å². The minimum atomic E-state index is 0.253. The molecule has 1 aromatic carbocycles. The van der Waals surface area contributed by atoms with Gasteiger partial charge in [0.05, 0.1) is 26.4 Å². The minimum absolute atomic E-state index is 0.253. The Balaban J connectivity index is 2.24. The second kappa shape index (κ2) is 4.96. The van der Waals surface area contributed by atoms with Gasteiger partial charge in [0, 0.05) is 11.0 Å². The van der Waals surface area contributed by atoms with Crippen LogP contribution in [0.3, 0.4) is 0 Å². The smallest absolute Gasteiger partial charge is 0.119 e. The molecule has 1 aliphatic rings. The zero-order chi connectivity index (χ0) is 10.7. The fourth-order valence-electron chi connectivity index (χ4n) is 1.68. The van der Waals surface area contributed by atoms with Crippen LogP contribution >= 0.6 is 15.9 Å². The summed E-state index contributed by atoms with van der Waals surface area (Å²) in [5.74, 6) is 0.876. The zero-order valence-electron chi connectivity index (χ0n) is 8.63. The van der Waals surface area contributed by atoms with Crippen LogP contribution in [0.4, 0.5) is 0 Å². The molecule has 4 heteroatoms. The van der Waals surface area contributed by atoms with Gasteiger partial charge >= 0.3 is 0 Å². The number of nitrogens with one attached hydrogen (secondary N) is 1. The lowest BCUT2D eigenvalue weighted by Crippen LogP contribution is -2.34. The van der Waals surface area contributed by atoms with Crippen molar-refractivity contribution in [3.05, 3.63) is 28.2 Å². The quantitative estimate of drug-likeness (QED) is 0.894. The maximum atomic E-state index is 5.44. The molecule has 1 fully saturated rings. The molecule has 1 heterocycles. The van der Waals surface area contributed by atoms with Gasteiger partial charge < -0.3 is 14.8 Å². The molecule has 0 bridgehead atoms. The molecule has 1 aromatic rings. The number of halogens is 1. The fourth-order valence-corrected chi connectivity index (χ4v) is 2.20. The zero-order valence-corrected chi connectivity index (χ0v) is 10.2. The van der Waals surface area contributed by atoms with E-state index in [0.29, 0.717) is 6.61 Å². The summed E-state index contributed by atoms with van der Waals surface area (Å²) >= 11 is 3.54. The molecule has 1 atom stereocenters. The summed E-state index contributed by atoms with van der Waals surface area (Å²) in [7, 11) is 1.68. The number of hydrogen-bond donors (Lipinski definition) is 1. The maximum Gasteiger partial charge on any atom is 0.119 e. The van der Waals surface area contributed by atoms with Crippen LogP contribution in [0.15, 0.2) is 22.7 Å². The molecule has 2 rings (SSSR count). The van der Waals surface area contributed by atoms with Crippen LogP contribution in [-0.2, 0) is 4.74 Å². The number of ether oxygens (including phenoxy) is 2. The van der Waals surface area contributed by atoms with Gasteiger partial charge in [-0.1, -0.05) is 15.9 Å². The highest BCUT2D eigenvalue weighted by molar-refractivity contribution is 9.10. The second-order valence-corrected chi connectivity index (χ2v) is 4.32. The Bertz CT molecular complexity index is 337. The molecule has 1 aliphatic heterocycles. The van der Waals surface area contributed by atoms with E-state index in [-0.39, 0.29) is 6.04 Å². The van der Waals surface area contributed by atoms with Crippen molar-refractivity contribution in [3.63, 3.8) is 0 Å². The molecule has 0 spiro atoms. The number of methoxy groups -OCH3 is 1. The molecule has 0 unspecified atom stereocenters. The highest BCUT2D eigenvalue weighted by Gasteiger charge is 2.18. The van der Waals surface area contributed by atoms with Crippen molar-refractivity contribution < 1.29 is 9.47 Å². The van der Waals surface area contributed by atoms with Crippen LogP contribution in [-0.4, -0.2) is 26.9 Å². The topological polar surface area (TPSA) is 30.5 Å². The van der Waals surface area contributed by atoms with Gasteiger partial charge in [0.25, 0.3) is 0 Å². The van der Waals surface area contributed by atoms with Crippen molar-refractivity contribution in [1.29, 1.82) is 0 Å². The highest BCUT2D eigenvalue weighted by atomic mass is 79.9. The van der Waals surface area contributed by atoms with Crippen molar-refractivity contribution in [3.8, 4) is 5.75 Å². The van der Waals surface area contributed by atoms with Gasteiger partial charge in [-0.05, 0) is 23.8 Å². The third-order valence-electron chi connectivity index (χ3n) is 2.50. The maximum absolute atomic E-state index is 5.44. The summed E-state index contributed by atoms with van der Waals surface area (Å²) in [5, 5.41) is 3.42. The summed E-state index contributed by atoms with van der Waals surface area (Å²) < 4.78 is 11.7. The molecule has 0 radical (unpaired) electrons. The Labute approximate surface area is 97.9 Å². The Morgan fingerprint density at radius 2 is 2.40 bits per heavy atom. The molecule has 15 heavy (non-hydrogen) atoms. The van der Waals surface area contributed by atoms with Crippen molar-refractivity contribution >= 4 is 15.9 Å². The standard InChI is InChI=1S/C11H14BrNO2/c1-14-8-2-3-10(12)9(6-8)11-7-15-5-4-13-11/h2-3,6,11,13H,4-5,7H2,1H3/t11-/m1/s1.